The lowest BCUT2D eigenvalue weighted by Crippen LogP contribution is -2.43. The molecule has 126 valence electrons. The fraction of sp³-hybridized carbons (Fsp3) is 0.188. The highest BCUT2D eigenvalue weighted by atomic mass is 35.5. The molecule has 1 heterocycles. The SMILES string of the molecule is O=C(NO)NC1Cc2ccc(OCc3c(F)cccc3Cl)cc2O1. The molecule has 0 aromatic heterocycles. The van der Waals surface area contributed by atoms with Crippen LogP contribution < -0.4 is 20.3 Å². The van der Waals surface area contributed by atoms with Crippen LogP contribution in [0.5, 0.6) is 11.5 Å². The van der Waals surface area contributed by atoms with Crippen LogP contribution in [0.1, 0.15) is 11.1 Å². The first kappa shape index (κ1) is 16.4. The van der Waals surface area contributed by atoms with E-state index in [9.17, 15) is 9.18 Å². The van der Waals surface area contributed by atoms with Gasteiger partial charge in [0, 0.05) is 23.6 Å². The summed E-state index contributed by atoms with van der Waals surface area (Å²) in [5.74, 6) is 0.606. The number of halogens is 2. The quantitative estimate of drug-likeness (QED) is 0.583. The van der Waals surface area contributed by atoms with Gasteiger partial charge in [0.1, 0.15) is 23.9 Å². The monoisotopic (exact) mass is 352 g/mol. The van der Waals surface area contributed by atoms with Crippen molar-refractivity contribution in [2.45, 2.75) is 19.3 Å². The number of nitrogens with one attached hydrogen (secondary N) is 2. The molecular weight excluding hydrogens is 339 g/mol. The van der Waals surface area contributed by atoms with Gasteiger partial charge in [0.15, 0.2) is 6.23 Å². The highest BCUT2D eigenvalue weighted by Gasteiger charge is 2.24. The average Bonchev–Trinajstić information content (AvgIpc) is 2.95. The molecule has 0 radical (unpaired) electrons. The van der Waals surface area contributed by atoms with E-state index in [2.05, 4.69) is 5.32 Å². The smallest absolute Gasteiger partial charge is 0.341 e. The summed E-state index contributed by atoms with van der Waals surface area (Å²) in [5, 5.41) is 11.2. The second-order valence-corrected chi connectivity index (χ2v) is 5.56. The van der Waals surface area contributed by atoms with Gasteiger partial charge >= 0.3 is 6.03 Å². The zero-order valence-corrected chi connectivity index (χ0v) is 13.1. The van der Waals surface area contributed by atoms with Crippen molar-refractivity contribution in [3.8, 4) is 11.5 Å². The molecule has 2 amide bonds. The molecule has 3 N–H and O–H groups in total. The third-order valence-electron chi connectivity index (χ3n) is 3.55. The van der Waals surface area contributed by atoms with Gasteiger partial charge in [0.2, 0.25) is 0 Å². The third kappa shape index (κ3) is 3.52. The predicted octanol–water partition coefficient (Wildman–Crippen LogP) is 3.01. The Kier molecular flexibility index (Phi) is 4.73. The van der Waals surface area contributed by atoms with E-state index in [1.165, 1.54) is 17.6 Å². The number of carbonyl (C=O) groups is 1. The number of carbonyl (C=O) groups excluding carboxylic acids is 1. The average molecular weight is 353 g/mol. The molecule has 2 aromatic rings. The minimum atomic E-state index is -0.751. The summed E-state index contributed by atoms with van der Waals surface area (Å²) in [5.41, 5.74) is 2.64. The number of hydroxylamine groups is 1. The Hall–Kier alpha value is -2.51. The molecule has 6 nitrogen and oxygen atoms in total. The van der Waals surface area contributed by atoms with Crippen LogP contribution in [-0.4, -0.2) is 17.5 Å². The maximum atomic E-state index is 13.7. The van der Waals surface area contributed by atoms with Gasteiger partial charge in [-0.15, -0.1) is 0 Å². The summed E-state index contributed by atoms with van der Waals surface area (Å²) in [6, 6.07) is 8.87. The minimum absolute atomic E-state index is 0.0150. The van der Waals surface area contributed by atoms with Gasteiger partial charge in [-0.2, -0.15) is 0 Å². The van der Waals surface area contributed by atoms with E-state index in [4.69, 9.17) is 26.3 Å². The summed E-state index contributed by atoms with van der Waals surface area (Å²) in [6.45, 7) is -0.0150. The Morgan fingerprint density at radius 3 is 3.00 bits per heavy atom. The Morgan fingerprint density at radius 1 is 1.42 bits per heavy atom. The van der Waals surface area contributed by atoms with Crippen LogP contribution in [0.3, 0.4) is 0 Å². The van der Waals surface area contributed by atoms with Crippen LogP contribution in [0.2, 0.25) is 5.02 Å². The summed E-state index contributed by atoms with van der Waals surface area (Å²) >= 11 is 5.96. The molecular formula is C16H14ClFN2O4. The van der Waals surface area contributed by atoms with Crippen LogP contribution in [-0.2, 0) is 13.0 Å². The van der Waals surface area contributed by atoms with Crippen molar-refractivity contribution in [2.75, 3.05) is 0 Å². The van der Waals surface area contributed by atoms with Gasteiger partial charge in [-0.25, -0.2) is 14.7 Å². The van der Waals surface area contributed by atoms with Crippen molar-refractivity contribution in [1.82, 2.24) is 10.8 Å². The van der Waals surface area contributed by atoms with E-state index < -0.39 is 18.1 Å². The largest absolute Gasteiger partial charge is 0.489 e. The molecule has 1 atom stereocenters. The first-order valence-corrected chi connectivity index (χ1v) is 7.50. The third-order valence-corrected chi connectivity index (χ3v) is 3.91. The van der Waals surface area contributed by atoms with Crippen LogP contribution in [0.4, 0.5) is 9.18 Å². The number of hydrogen-bond donors (Lipinski definition) is 3. The van der Waals surface area contributed by atoms with Gasteiger partial charge in [-0.3, -0.25) is 5.21 Å². The molecule has 0 saturated carbocycles. The van der Waals surface area contributed by atoms with E-state index in [1.54, 1.807) is 24.3 Å². The Morgan fingerprint density at radius 2 is 2.25 bits per heavy atom. The maximum absolute atomic E-state index is 13.7. The van der Waals surface area contributed by atoms with E-state index in [-0.39, 0.29) is 12.2 Å². The standard InChI is InChI=1S/C16H14ClFN2O4/c17-12-2-1-3-13(18)11(12)8-23-10-5-4-9-6-15(19-16(21)20-22)24-14(9)7-10/h1-5,7,15,22H,6,8H2,(H2,19,20,21). The fourth-order valence-corrected chi connectivity index (χ4v) is 2.60. The second-order valence-electron chi connectivity index (χ2n) is 5.15. The van der Waals surface area contributed by atoms with Crippen molar-refractivity contribution in [3.63, 3.8) is 0 Å². The van der Waals surface area contributed by atoms with Crippen molar-refractivity contribution in [2.24, 2.45) is 0 Å². The molecule has 1 aliphatic heterocycles. The van der Waals surface area contributed by atoms with E-state index in [0.29, 0.717) is 22.9 Å². The van der Waals surface area contributed by atoms with Crippen molar-refractivity contribution in [3.05, 3.63) is 58.4 Å². The summed E-state index contributed by atoms with van der Waals surface area (Å²) in [4.78, 5) is 11.1. The van der Waals surface area contributed by atoms with Crippen LogP contribution in [0, 0.1) is 5.82 Å². The maximum Gasteiger partial charge on any atom is 0.341 e. The van der Waals surface area contributed by atoms with Gasteiger partial charge in [0.05, 0.1) is 5.02 Å². The lowest BCUT2D eigenvalue weighted by Gasteiger charge is -2.12. The molecule has 0 spiro atoms. The van der Waals surface area contributed by atoms with Crippen molar-refractivity contribution >= 4 is 17.6 Å². The summed E-state index contributed by atoms with van der Waals surface area (Å²) in [6.07, 6.45) is -0.120. The number of urea groups is 1. The lowest BCUT2D eigenvalue weighted by atomic mass is 10.1. The predicted molar refractivity (Wildman–Crippen MR) is 83.8 cm³/mol. The highest BCUT2D eigenvalue weighted by Crippen LogP contribution is 2.32. The first-order chi connectivity index (χ1) is 11.6. The zero-order chi connectivity index (χ0) is 17.1. The van der Waals surface area contributed by atoms with Crippen LogP contribution >= 0.6 is 11.6 Å². The molecule has 0 aliphatic carbocycles. The topological polar surface area (TPSA) is 79.8 Å². The first-order valence-electron chi connectivity index (χ1n) is 7.12. The minimum Gasteiger partial charge on any atom is -0.489 e. The van der Waals surface area contributed by atoms with Gasteiger partial charge in [-0.1, -0.05) is 23.7 Å². The Balaban J connectivity index is 1.66. The normalized spacial score (nSPS) is 15.4. The van der Waals surface area contributed by atoms with Gasteiger partial charge in [-0.05, 0) is 18.2 Å². The van der Waals surface area contributed by atoms with E-state index in [1.807, 2.05) is 0 Å². The van der Waals surface area contributed by atoms with Gasteiger partial charge < -0.3 is 14.8 Å². The molecule has 1 aliphatic rings. The molecule has 2 aromatic carbocycles. The number of benzene rings is 2. The zero-order valence-electron chi connectivity index (χ0n) is 12.4. The Labute approximate surface area is 142 Å². The molecule has 1 unspecified atom stereocenters. The number of fused-ring (bicyclic) bond motifs is 1. The molecule has 0 bridgehead atoms. The summed E-state index contributed by atoms with van der Waals surface area (Å²) < 4.78 is 24.9. The molecule has 0 saturated heterocycles. The molecule has 0 fully saturated rings. The number of amides is 2. The summed E-state index contributed by atoms with van der Waals surface area (Å²) in [7, 11) is 0. The van der Waals surface area contributed by atoms with Crippen molar-refractivity contribution < 1.29 is 23.9 Å². The number of ether oxygens (including phenoxy) is 2. The van der Waals surface area contributed by atoms with Gasteiger partial charge in [0.25, 0.3) is 0 Å². The number of hydrogen-bond acceptors (Lipinski definition) is 4. The van der Waals surface area contributed by atoms with Crippen LogP contribution in [0.25, 0.3) is 0 Å². The fourth-order valence-electron chi connectivity index (χ4n) is 2.38. The molecule has 24 heavy (non-hydrogen) atoms. The van der Waals surface area contributed by atoms with Crippen molar-refractivity contribution in [1.29, 1.82) is 0 Å². The molecule has 3 rings (SSSR count). The highest BCUT2D eigenvalue weighted by molar-refractivity contribution is 6.31. The van der Waals surface area contributed by atoms with Crippen LogP contribution in [0.15, 0.2) is 36.4 Å². The lowest BCUT2D eigenvalue weighted by molar-refractivity contribution is 0.137. The Bertz CT molecular complexity index is 751. The second kappa shape index (κ2) is 6.94. The van der Waals surface area contributed by atoms with E-state index in [0.717, 1.165) is 5.56 Å². The van der Waals surface area contributed by atoms with E-state index >= 15 is 0 Å². The molecule has 8 heteroatoms. The number of rotatable bonds is 4.